The van der Waals surface area contributed by atoms with Gasteiger partial charge in [-0.25, -0.2) is 9.37 Å². The molecule has 4 aromatic rings. The first kappa shape index (κ1) is 27.0. The number of anilines is 1. The minimum atomic E-state index is -0.833. The largest absolute Gasteiger partial charge is 0.501 e. The van der Waals surface area contributed by atoms with Crippen LogP contribution in [0.5, 0.6) is 5.75 Å². The van der Waals surface area contributed by atoms with Crippen LogP contribution in [0.2, 0.25) is 5.02 Å². The maximum absolute atomic E-state index is 14.4. The summed E-state index contributed by atoms with van der Waals surface area (Å²) in [5.74, 6) is -3.23. The molecule has 0 bridgehead atoms. The van der Waals surface area contributed by atoms with Gasteiger partial charge in [0, 0.05) is 42.8 Å². The molecule has 0 unspecified atom stereocenters. The summed E-state index contributed by atoms with van der Waals surface area (Å²) in [5, 5.41) is 21.3. The Morgan fingerprint density at radius 2 is 2.11 bits per heavy atom. The number of hydrogen-bond acceptors (Lipinski definition) is 8. The van der Waals surface area contributed by atoms with Crippen LogP contribution in [0.3, 0.4) is 0 Å². The highest BCUT2D eigenvalue weighted by Crippen LogP contribution is 2.42. The van der Waals surface area contributed by atoms with Gasteiger partial charge in [-0.15, -0.1) is 0 Å². The van der Waals surface area contributed by atoms with Crippen LogP contribution in [-0.4, -0.2) is 49.2 Å². The molecule has 0 aliphatic heterocycles. The molecular weight excluding hydrogens is 519 g/mol. The molecule has 0 spiro atoms. The van der Waals surface area contributed by atoms with Crippen molar-refractivity contribution in [3.63, 3.8) is 0 Å². The second kappa shape index (κ2) is 11.2. The summed E-state index contributed by atoms with van der Waals surface area (Å²) < 4.78 is 27.2. The van der Waals surface area contributed by atoms with Gasteiger partial charge in [-0.05, 0) is 30.7 Å². The number of ether oxygens (including phenoxy) is 1. The Morgan fingerprint density at radius 3 is 2.79 bits per heavy atom. The van der Waals surface area contributed by atoms with Crippen molar-refractivity contribution in [2.45, 2.75) is 32.2 Å². The van der Waals surface area contributed by atoms with Crippen molar-refractivity contribution in [1.29, 1.82) is 0 Å². The van der Waals surface area contributed by atoms with Crippen LogP contribution in [0.25, 0.3) is 0 Å². The maximum Gasteiger partial charge on any atom is 0.296 e. The zero-order chi connectivity index (χ0) is 27.6. The monoisotopic (exact) mass is 544 g/mol. The first-order valence-corrected chi connectivity index (χ1v) is 12.0. The van der Waals surface area contributed by atoms with Gasteiger partial charge < -0.3 is 19.7 Å². The number of hydrogen-bond donors (Lipinski definition) is 2. The number of aromatic hydroxyl groups is 1. The number of carbonyl (C=O) groups is 1. The molecule has 0 aliphatic carbocycles. The number of benzene rings is 1. The first-order valence-electron chi connectivity index (χ1n) is 11.6. The third kappa shape index (κ3) is 5.31. The molecular formula is C25H26ClFN6O5. The van der Waals surface area contributed by atoms with E-state index in [2.05, 4.69) is 20.6 Å². The number of carbonyl (C=O) groups excluding carboxylic acids is 1. The molecule has 200 valence electrons. The zero-order valence-electron chi connectivity index (χ0n) is 21.1. The topological polar surface area (TPSA) is 137 Å². The van der Waals surface area contributed by atoms with Crippen molar-refractivity contribution >= 4 is 23.2 Å². The molecule has 3 aromatic heterocycles. The molecule has 1 aromatic carbocycles. The van der Waals surface area contributed by atoms with Crippen molar-refractivity contribution < 1.29 is 23.6 Å². The Hall–Kier alpha value is -4.03. The van der Waals surface area contributed by atoms with Crippen molar-refractivity contribution in [2.24, 2.45) is 7.05 Å². The standard InChI is InChI=1S/C25H26ClFN6O5/c1-13(23-30-21(22(34)25(36)32(23)3)24(35)29-16-10-28-38-12-16)20(17-9-15(27)5-6-19(17)26)18-11-33(7-8-37-4)31-14(18)2/h5-6,9-13,20,34H,7-8H2,1-4H3,(H,29,35)/t13-,20+/m0/s1. The molecule has 2 atom stereocenters. The van der Waals surface area contributed by atoms with E-state index in [9.17, 15) is 19.1 Å². The second-order valence-electron chi connectivity index (χ2n) is 8.76. The fourth-order valence-corrected chi connectivity index (χ4v) is 4.61. The average molecular weight is 545 g/mol. The van der Waals surface area contributed by atoms with E-state index in [1.54, 1.807) is 18.7 Å². The number of rotatable bonds is 9. The number of aromatic nitrogens is 5. The van der Waals surface area contributed by atoms with Gasteiger partial charge in [-0.1, -0.05) is 23.7 Å². The lowest BCUT2D eigenvalue weighted by atomic mass is 9.81. The van der Waals surface area contributed by atoms with Crippen LogP contribution < -0.4 is 10.9 Å². The zero-order valence-corrected chi connectivity index (χ0v) is 21.9. The highest BCUT2D eigenvalue weighted by atomic mass is 35.5. The van der Waals surface area contributed by atoms with E-state index in [1.165, 1.54) is 37.7 Å². The van der Waals surface area contributed by atoms with Crippen LogP contribution in [0.15, 0.2) is 46.2 Å². The Kier molecular flexibility index (Phi) is 7.93. The van der Waals surface area contributed by atoms with Crippen molar-refractivity contribution in [1.82, 2.24) is 24.5 Å². The van der Waals surface area contributed by atoms with E-state index >= 15 is 0 Å². The fourth-order valence-electron chi connectivity index (χ4n) is 4.38. The van der Waals surface area contributed by atoms with E-state index in [-0.39, 0.29) is 11.5 Å². The summed E-state index contributed by atoms with van der Waals surface area (Å²) >= 11 is 6.55. The van der Waals surface area contributed by atoms with Gasteiger partial charge in [0.1, 0.15) is 23.6 Å². The van der Waals surface area contributed by atoms with Gasteiger partial charge in [-0.3, -0.25) is 18.8 Å². The van der Waals surface area contributed by atoms with E-state index in [0.717, 1.165) is 10.1 Å². The molecule has 2 N–H and O–H groups in total. The molecule has 0 radical (unpaired) electrons. The van der Waals surface area contributed by atoms with E-state index in [4.69, 9.17) is 20.9 Å². The van der Waals surface area contributed by atoms with Gasteiger partial charge in [0.25, 0.3) is 11.5 Å². The van der Waals surface area contributed by atoms with Crippen LogP contribution in [0.1, 0.15) is 51.9 Å². The van der Waals surface area contributed by atoms with Gasteiger partial charge in [0.2, 0.25) is 5.75 Å². The molecule has 3 heterocycles. The summed E-state index contributed by atoms with van der Waals surface area (Å²) in [7, 11) is 3.02. The summed E-state index contributed by atoms with van der Waals surface area (Å²) in [6.45, 7) is 4.50. The number of nitrogens with one attached hydrogen (secondary N) is 1. The predicted octanol–water partition coefficient (Wildman–Crippen LogP) is 3.61. The van der Waals surface area contributed by atoms with Crippen molar-refractivity contribution in [3.8, 4) is 5.75 Å². The smallest absolute Gasteiger partial charge is 0.296 e. The highest BCUT2D eigenvalue weighted by molar-refractivity contribution is 6.31. The molecule has 0 fully saturated rings. The average Bonchev–Trinajstić information content (AvgIpc) is 3.53. The summed E-state index contributed by atoms with van der Waals surface area (Å²) in [4.78, 5) is 30.3. The molecule has 38 heavy (non-hydrogen) atoms. The minimum absolute atomic E-state index is 0.164. The molecule has 11 nitrogen and oxygen atoms in total. The van der Waals surface area contributed by atoms with Crippen molar-refractivity contribution in [2.75, 3.05) is 19.0 Å². The molecule has 0 saturated carbocycles. The predicted molar refractivity (Wildman–Crippen MR) is 136 cm³/mol. The number of aryl methyl sites for hydroxylation is 1. The lowest BCUT2D eigenvalue weighted by molar-refractivity contribution is 0.101. The van der Waals surface area contributed by atoms with Gasteiger partial charge in [-0.2, -0.15) is 5.10 Å². The number of methoxy groups -OCH3 is 1. The van der Waals surface area contributed by atoms with Crippen molar-refractivity contribution in [3.05, 3.63) is 86.4 Å². The number of halogens is 2. The van der Waals surface area contributed by atoms with Gasteiger partial charge in [0.05, 0.1) is 25.0 Å². The van der Waals surface area contributed by atoms with Crippen LogP contribution in [0, 0.1) is 12.7 Å². The number of nitrogens with zero attached hydrogens (tertiary/aromatic N) is 5. The third-order valence-electron chi connectivity index (χ3n) is 6.25. The Morgan fingerprint density at radius 1 is 1.34 bits per heavy atom. The minimum Gasteiger partial charge on any atom is -0.501 e. The second-order valence-corrected chi connectivity index (χ2v) is 9.16. The summed E-state index contributed by atoms with van der Waals surface area (Å²) in [5.41, 5.74) is 0.745. The Bertz CT molecular complexity index is 1520. The summed E-state index contributed by atoms with van der Waals surface area (Å²) in [6, 6.07) is 4.04. The molecule has 13 heteroatoms. The summed E-state index contributed by atoms with van der Waals surface area (Å²) in [6.07, 6.45) is 4.26. The maximum atomic E-state index is 14.4. The van der Waals surface area contributed by atoms with E-state index in [1.807, 2.05) is 13.1 Å². The lowest BCUT2D eigenvalue weighted by Gasteiger charge is -2.26. The fraction of sp³-hybridized carbons (Fsp3) is 0.320. The van der Waals surface area contributed by atoms with Crippen LogP contribution in [-0.2, 0) is 18.3 Å². The molecule has 1 amide bonds. The first-order chi connectivity index (χ1) is 18.1. The lowest BCUT2D eigenvalue weighted by Crippen LogP contribution is -2.29. The number of amides is 1. The van der Waals surface area contributed by atoms with Gasteiger partial charge in [0.15, 0.2) is 5.69 Å². The van der Waals surface area contributed by atoms with Crippen LogP contribution >= 0.6 is 11.6 Å². The molecule has 4 rings (SSSR count). The van der Waals surface area contributed by atoms with E-state index < -0.39 is 40.6 Å². The Balaban J connectivity index is 1.86. The normalized spacial score (nSPS) is 12.9. The van der Waals surface area contributed by atoms with Gasteiger partial charge >= 0.3 is 0 Å². The molecule has 0 aliphatic rings. The van der Waals surface area contributed by atoms with Crippen LogP contribution in [0.4, 0.5) is 10.1 Å². The quantitative estimate of drug-likeness (QED) is 0.326. The SMILES string of the molecule is COCCn1cc([C@@H](c2cc(F)ccc2Cl)[C@H](C)c2nc(C(=O)Nc3cnoc3)c(O)c(=O)n2C)c(C)n1. The van der Waals surface area contributed by atoms with E-state index in [0.29, 0.717) is 29.4 Å². The Labute approximate surface area is 221 Å². The highest BCUT2D eigenvalue weighted by Gasteiger charge is 2.32. The molecule has 0 saturated heterocycles. The third-order valence-corrected chi connectivity index (χ3v) is 6.60.